The normalized spacial score (nSPS) is 27.0. The molecule has 0 bridgehead atoms. The van der Waals surface area contributed by atoms with Gasteiger partial charge in [-0.15, -0.1) is 20.2 Å². The van der Waals surface area contributed by atoms with Crippen LogP contribution in [0.15, 0.2) is 0 Å². The molecule has 1 atom stereocenters. The smallest absolute Gasteiger partial charge is 0.294 e. The summed E-state index contributed by atoms with van der Waals surface area (Å²) in [7, 11) is 0. The maximum Gasteiger partial charge on any atom is 0.294 e. The zero-order valence-corrected chi connectivity index (χ0v) is 13.6. The van der Waals surface area contributed by atoms with Crippen molar-refractivity contribution < 1.29 is 29.6 Å². The highest BCUT2D eigenvalue weighted by atomic mass is 17.0. The lowest BCUT2D eigenvalue weighted by Gasteiger charge is -2.54. The lowest BCUT2D eigenvalue weighted by Crippen LogP contribution is -3.23. The Labute approximate surface area is 133 Å². The maximum absolute atomic E-state index is 12.3. The van der Waals surface area contributed by atoms with Gasteiger partial charge in [0, 0.05) is 12.8 Å². The molecule has 11 heteroatoms. The molecule has 0 amide bonds. The molecule has 1 fully saturated rings. The monoisotopic (exact) mass is 337 g/mol. The Morgan fingerprint density at radius 3 is 2.04 bits per heavy atom. The van der Waals surface area contributed by atoms with E-state index in [1.807, 2.05) is 27.7 Å². The number of rotatable bonds is 8. The molecule has 1 aliphatic heterocycles. The molecule has 1 saturated heterocycles. The Morgan fingerprint density at radius 1 is 1.09 bits per heavy atom. The molecule has 0 radical (unpaired) electrons. The van der Waals surface area contributed by atoms with E-state index in [1.165, 1.54) is 0 Å². The van der Waals surface area contributed by atoms with Crippen LogP contribution in [0.25, 0.3) is 0 Å². The lowest BCUT2D eigenvalue weighted by atomic mass is 9.80. The summed E-state index contributed by atoms with van der Waals surface area (Å²) in [5.41, 5.74) is -1.13. The highest BCUT2D eigenvalue weighted by molar-refractivity contribution is 4.87. The van der Waals surface area contributed by atoms with Gasteiger partial charge in [-0.2, -0.15) is 0 Å². The van der Waals surface area contributed by atoms with E-state index in [0.29, 0.717) is 12.8 Å². The fraction of sp³-hybridized carbons (Fsp3) is 1.00. The quantitative estimate of drug-likeness (QED) is 0.367. The third-order valence-corrected chi connectivity index (χ3v) is 3.82. The third kappa shape index (κ3) is 5.77. The molecule has 1 unspecified atom stereocenters. The van der Waals surface area contributed by atoms with Gasteiger partial charge < -0.3 is 24.7 Å². The molecular formula is C12H23N3O8. The minimum atomic E-state index is -1.21. The largest absolute Gasteiger partial charge is 0.634 e. The molecule has 1 N–H and O–H groups in total. The second-order valence-corrected chi connectivity index (χ2v) is 6.93. The molecule has 11 nitrogen and oxygen atoms in total. The van der Waals surface area contributed by atoms with Crippen LogP contribution in [0, 0.1) is 25.4 Å². The molecular weight excluding hydrogens is 314 g/mol. The lowest BCUT2D eigenvalue weighted by molar-refractivity contribution is -0.956. The summed E-state index contributed by atoms with van der Waals surface area (Å²) in [4.78, 5) is 29.0. The van der Waals surface area contributed by atoms with Crippen LogP contribution in [0.4, 0.5) is 0 Å². The van der Waals surface area contributed by atoms with Crippen molar-refractivity contribution in [1.29, 1.82) is 0 Å². The van der Waals surface area contributed by atoms with Gasteiger partial charge in [-0.05, 0) is 27.7 Å². The van der Waals surface area contributed by atoms with Crippen LogP contribution in [0.1, 0.15) is 40.5 Å². The standard InChI is InChI=1S/C12H23N3O8/c1-11(2)5-9(6-12(3,4)13(11)16)21-7-10(23-15(19)20)8-22-14(17)18/h9-10,13H,5-8H2,1-4H3. The van der Waals surface area contributed by atoms with Crippen molar-refractivity contribution in [3.63, 3.8) is 0 Å². The van der Waals surface area contributed by atoms with Crippen LogP contribution in [-0.2, 0) is 14.4 Å². The van der Waals surface area contributed by atoms with E-state index >= 15 is 0 Å². The molecule has 134 valence electrons. The summed E-state index contributed by atoms with van der Waals surface area (Å²) in [6, 6.07) is 0. The molecule has 0 aromatic heterocycles. The van der Waals surface area contributed by atoms with Gasteiger partial charge in [0.2, 0.25) is 0 Å². The van der Waals surface area contributed by atoms with E-state index in [1.54, 1.807) is 0 Å². The Hall–Kier alpha value is -1.72. The van der Waals surface area contributed by atoms with Crippen LogP contribution in [0.3, 0.4) is 0 Å². The highest BCUT2D eigenvalue weighted by Gasteiger charge is 2.45. The van der Waals surface area contributed by atoms with Crippen LogP contribution in [-0.4, -0.2) is 46.7 Å². The van der Waals surface area contributed by atoms with Crippen molar-refractivity contribution in [3.05, 3.63) is 25.4 Å². The summed E-state index contributed by atoms with van der Waals surface area (Å²) in [5, 5.41) is 30.9. The van der Waals surface area contributed by atoms with Gasteiger partial charge in [-0.25, -0.2) is 0 Å². The van der Waals surface area contributed by atoms with Gasteiger partial charge in [-0.1, -0.05) is 0 Å². The van der Waals surface area contributed by atoms with Crippen molar-refractivity contribution in [3.8, 4) is 0 Å². The van der Waals surface area contributed by atoms with Gasteiger partial charge in [-0.3, -0.25) is 0 Å². The van der Waals surface area contributed by atoms with Gasteiger partial charge >= 0.3 is 0 Å². The summed E-state index contributed by atoms with van der Waals surface area (Å²) in [6.45, 7) is 6.47. The SMILES string of the molecule is CC1(C)CC(OCC(CO[N+](=O)[O-])O[N+](=O)[O-])CC(C)(C)[NH+]1[O-]. The van der Waals surface area contributed by atoms with Crippen LogP contribution >= 0.6 is 0 Å². The van der Waals surface area contributed by atoms with Gasteiger partial charge in [0.05, 0.1) is 23.8 Å². The van der Waals surface area contributed by atoms with Crippen LogP contribution < -0.4 is 5.06 Å². The first kappa shape index (κ1) is 19.3. The second-order valence-electron chi connectivity index (χ2n) is 6.93. The molecule has 0 spiro atoms. The zero-order valence-electron chi connectivity index (χ0n) is 13.6. The summed E-state index contributed by atoms with van der Waals surface area (Å²) in [5.74, 6) is 0. The third-order valence-electron chi connectivity index (χ3n) is 3.82. The topological polar surface area (TPSA) is 141 Å². The number of quaternary nitrogens is 1. The fourth-order valence-electron chi connectivity index (χ4n) is 3.05. The Kier molecular flexibility index (Phi) is 6.08. The molecule has 0 aliphatic carbocycles. The predicted octanol–water partition coefficient (Wildman–Crippen LogP) is -0.109. The number of nitrogens with zero attached hydrogens (tertiary/aromatic N) is 2. The van der Waals surface area contributed by atoms with E-state index in [2.05, 4.69) is 9.68 Å². The fourth-order valence-corrected chi connectivity index (χ4v) is 3.05. The summed E-state index contributed by atoms with van der Waals surface area (Å²) >= 11 is 0. The number of hydrogen-bond acceptors (Lipinski definition) is 8. The number of ether oxygens (including phenoxy) is 1. The Morgan fingerprint density at radius 2 is 1.61 bits per heavy atom. The maximum atomic E-state index is 12.3. The van der Waals surface area contributed by atoms with Crippen LogP contribution in [0.5, 0.6) is 0 Å². The number of hydrogen-bond donors (Lipinski definition) is 1. The minimum absolute atomic E-state index is 0.139. The zero-order chi connectivity index (χ0) is 17.8. The van der Waals surface area contributed by atoms with Crippen molar-refractivity contribution >= 4 is 0 Å². The van der Waals surface area contributed by atoms with Crippen molar-refractivity contribution in [1.82, 2.24) is 0 Å². The Balaban J connectivity index is 2.62. The molecule has 0 aromatic carbocycles. The van der Waals surface area contributed by atoms with Crippen LogP contribution in [0.2, 0.25) is 0 Å². The first-order valence-corrected chi connectivity index (χ1v) is 7.19. The van der Waals surface area contributed by atoms with Gasteiger partial charge in [0.25, 0.3) is 10.2 Å². The molecule has 23 heavy (non-hydrogen) atoms. The highest BCUT2D eigenvalue weighted by Crippen LogP contribution is 2.26. The minimum Gasteiger partial charge on any atom is -0.634 e. The predicted molar refractivity (Wildman–Crippen MR) is 76.3 cm³/mol. The van der Waals surface area contributed by atoms with Gasteiger partial charge in [0.15, 0.2) is 6.10 Å². The van der Waals surface area contributed by atoms with E-state index in [0.717, 1.165) is 0 Å². The Bertz CT molecular complexity index is 424. The van der Waals surface area contributed by atoms with Crippen molar-refractivity contribution in [2.24, 2.45) is 0 Å². The molecule has 0 aromatic rings. The van der Waals surface area contributed by atoms with E-state index in [-0.39, 0.29) is 17.8 Å². The van der Waals surface area contributed by atoms with Crippen molar-refractivity contribution in [2.75, 3.05) is 13.2 Å². The van der Waals surface area contributed by atoms with E-state index in [4.69, 9.17) is 4.74 Å². The summed E-state index contributed by atoms with van der Waals surface area (Å²) < 4.78 is 5.61. The molecule has 1 heterocycles. The van der Waals surface area contributed by atoms with E-state index < -0.39 is 34.0 Å². The second kappa shape index (κ2) is 7.23. The summed E-state index contributed by atoms with van der Waals surface area (Å²) in [6.07, 6.45) is -0.571. The molecule has 0 saturated carbocycles. The van der Waals surface area contributed by atoms with Crippen molar-refractivity contribution in [2.45, 2.75) is 63.8 Å². The number of nitrogens with one attached hydrogen (secondary N) is 1. The first-order valence-electron chi connectivity index (χ1n) is 7.19. The number of hydroxylamine groups is 2. The molecule has 1 rings (SSSR count). The average molecular weight is 337 g/mol. The van der Waals surface area contributed by atoms with E-state index in [9.17, 15) is 25.4 Å². The van der Waals surface area contributed by atoms with Gasteiger partial charge in [0.1, 0.15) is 6.61 Å². The number of piperidine rings is 1. The molecule has 1 aliphatic rings. The first-order chi connectivity index (χ1) is 10.4. The average Bonchev–Trinajstić information content (AvgIpc) is 2.38.